The maximum absolute atomic E-state index is 12.0. The Morgan fingerprint density at radius 1 is 1.09 bits per heavy atom. The molecule has 7 heteroatoms. The maximum atomic E-state index is 12.0. The van der Waals surface area contributed by atoms with Gasteiger partial charge in [0.15, 0.2) is 18.1 Å². The lowest BCUT2D eigenvalue weighted by Crippen LogP contribution is -2.40. The molecule has 0 bridgehead atoms. The number of hydrogen-bond donors (Lipinski definition) is 3. The molecule has 0 aliphatic heterocycles. The summed E-state index contributed by atoms with van der Waals surface area (Å²) in [5.41, 5.74) is 3.18. The number of aromatic amines is 1. The van der Waals surface area contributed by atoms with Gasteiger partial charge in [-0.25, -0.2) is 0 Å². The number of carbonyl (C=O) groups is 1. The molecular weight excluding hydrogens is 408 g/mol. The van der Waals surface area contributed by atoms with Crippen LogP contribution in [0.4, 0.5) is 0 Å². The number of nitrogens with one attached hydrogen (secondary N) is 2. The number of methoxy groups -OCH3 is 2. The van der Waals surface area contributed by atoms with Crippen LogP contribution >= 0.6 is 0 Å². The minimum absolute atomic E-state index is 0.119. The zero-order valence-electron chi connectivity index (χ0n) is 19.5. The van der Waals surface area contributed by atoms with Crippen molar-refractivity contribution in [2.24, 2.45) is 0 Å². The van der Waals surface area contributed by atoms with Gasteiger partial charge >= 0.3 is 0 Å². The molecule has 0 saturated carbocycles. The number of fused-ring (bicyclic) bond motifs is 1. The maximum Gasteiger partial charge on any atom is 0.258 e. The first kappa shape index (κ1) is 23.5. The molecule has 172 valence electrons. The summed E-state index contributed by atoms with van der Waals surface area (Å²) in [5.74, 6) is 1.92. The Hall–Kier alpha value is -3.19. The van der Waals surface area contributed by atoms with Crippen LogP contribution in [0, 0.1) is 0 Å². The molecule has 3 aromatic rings. The van der Waals surface area contributed by atoms with Gasteiger partial charge in [0, 0.05) is 23.0 Å². The second-order valence-corrected chi connectivity index (χ2v) is 8.72. The van der Waals surface area contributed by atoms with Crippen LogP contribution in [0.1, 0.15) is 39.2 Å². The highest BCUT2D eigenvalue weighted by Crippen LogP contribution is 2.39. The van der Waals surface area contributed by atoms with E-state index in [9.17, 15) is 9.90 Å². The van der Waals surface area contributed by atoms with E-state index < -0.39 is 5.60 Å². The number of hydrogen-bond acceptors (Lipinski definition) is 5. The van der Waals surface area contributed by atoms with Gasteiger partial charge in [-0.2, -0.15) is 0 Å². The van der Waals surface area contributed by atoms with Crippen LogP contribution in [0.2, 0.25) is 0 Å². The fourth-order valence-electron chi connectivity index (χ4n) is 3.62. The van der Waals surface area contributed by atoms with Gasteiger partial charge < -0.3 is 29.6 Å². The van der Waals surface area contributed by atoms with Gasteiger partial charge in [-0.3, -0.25) is 4.79 Å². The molecule has 0 saturated heterocycles. The highest BCUT2D eigenvalue weighted by molar-refractivity contribution is 5.92. The average Bonchev–Trinajstić information content (AvgIpc) is 3.14. The SMILES string of the molecule is COc1ccc(-c2[nH]c3ccc(OCC(=O)NCC(C)(C)O)cc3c2C(C)C)cc1OC. The predicted molar refractivity (Wildman–Crippen MR) is 126 cm³/mol. The molecule has 0 atom stereocenters. The third kappa shape index (κ3) is 5.34. The molecule has 0 fully saturated rings. The summed E-state index contributed by atoms with van der Waals surface area (Å²) >= 11 is 0. The largest absolute Gasteiger partial charge is 0.493 e. The molecule has 0 aliphatic rings. The molecule has 1 aromatic heterocycles. The Bertz CT molecular complexity index is 1100. The van der Waals surface area contributed by atoms with E-state index in [4.69, 9.17) is 14.2 Å². The number of ether oxygens (including phenoxy) is 3. The third-order valence-electron chi connectivity index (χ3n) is 5.15. The fourth-order valence-corrected chi connectivity index (χ4v) is 3.62. The molecular formula is C25H32N2O5. The number of aromatic nitrogens is 1. The number of H-pyrrole nitrogens is 1. The first-order valence-corrected chi connectivity index (χ1v) is 10.6. The minimum atomic E-state index is -0.966. The third-order valence-corrected chi connectivity index (χ3v) is 5.15. The van der Waals surface area contributed by atoms with E-state index in [1.807, 2.05) is 36.4 Å². The Morgan fingerprint density at radius 3 is 2.44 bits per heavy atom. The Balaban J connectivity index is 1.90. The molecule has 1 heterocycles. The lowest BCUT2D eigenvalue weighted by Gasteiger charge is -2.17. The van der Waals surface area contributed by atoms with E-state index in [-0.39, 0.29) is 25.0 Å². The van der Waals surface area contributed by atoms with Crippen LogP contribution in [-0.4, -0.2) is 49.0 Å². The minimum Gasteiger partial charge on any atom is -0.493 e. The van der Waals surface area contributed by atoms with E-state index in [1.54, 1.807) is 28.1 Å². The molecule has 0 unspecified atom stereocenters. The first-order valence-electron chi connectivity index (χ1n) is 10.6. The standard InChI is InChI=1S/C25H32N2O5/c1-15(2)23-18-12-17(32-13-22(28)26-14-25(3,4)29)8-9-19(18)27-24(23)16-7-10-20(30-5)21(11-16)31-6/h7-12,15,27,29H,13-14H2,1-6H3,(H,26,28). The second-order valence-electron chi connectivity index (χ2n) is 8.72. The van der Waals surface area contributed by atoms with Crippen LogP contribution in [0.5, 0.6) is 17.2 Å². The summed E-state index contributed by atoms with van der Waals surface area (Å²) < 4.78 is 16.6. The summed E-state index contributed by atoms with van der Waals surface area (Å²) in [6.45, 7) is 7.60. The lowest BCUT2D eigenvalue weighted by atomic mass is 9.96. The highest BCUT2D eigenvalue weighted by atomic mass is 16.5. The summed E-state index contributed by atoms with van der Waals surface area (Å²) in [6.07, 6.45) is 0. The second kappa shape index (κ2) is 9.53. The van der Waals surface area contributed by atoms with Crippen LogP contribution in [-0.2, 0) is 4.79 Å². The normalized spacial score (nSPS) is 11.6. The van der Waals surface area contributed by atoms with Crippen molar-refractivity contribution in [3.05, 3.63) is 42.0 Å². The van der Waals surface area contributed by atoms with Crippen LogP contribution in [0.25, 0.3) is 22.2 Å². The number of aliphatic hydroxyl groups is 1. The Labute approximate surface area is 188 Å². The summed E-state index contributed by atoms with van der Waals surface area (Å²) in [5, 5.41) is 13.4. The quantitative estimate of drug-likeness (QED) is 0.463. The van der Waals surface area contributed by atoms with Gasteiger partial charge in [0.25, 0.3) is 5.91 Å². The zero-order chi connectivity index (χ0) is 23.5. The number of amides is 1. The topological polar surface area (TPSA) is 92.8 Å². The van der Waals surface area contributed by atoms with E-state index in [2.05, 4.69) is 24.1 Å². The molecule has 2 aromatic carbocycles. The van der Waals surface area contributed by atoms with E-state index in [0.717, 1.165) is 27.7 Å². The van der Waals surface area contributed by atoms with Crippen molar-refractivity contribution >= 4 is 16.8 Å². The van der Waals surface area contributed by atoms with Gasteiger partial charge in [0.05, 0.1) is 25.5 Å². The monoisotopic (exact) mass is 440 g/mol. The Morgan fingerprint density at radius 2 is 1.81 bits per heavy atom. The van der Waals surface area contributed by atoms with Crippen LogP contribution in [0.3, 0.4) is 0 Å². The molecule has 0 aliphatic carbocycles. The van der Waals surface area contributed by atoms with Crippen molar-refractivity contribution in [3.63, 3.8) is 0 Å². The van der Waals surface area contributed by atoms with Gasteiger partial charge in [-0.05, 0) is 61.7 Å². The number of benzene rings is 2. The molecule has 0 radical (unpaired) electrons. The van der Waals surface area contributed by atoms with Crippen LogP contribution in [0.15, 0.2) is 36.4 Å². The molecule has 0 spiro atoms. The van der Waals surface area contributed by atoms with Crippen molar-refractivity contribution in [1.29, 1.82) is 0 Å². The fraction of sp³-hybridized carbons (Fsp3) is 0.400. The van der Waals surface area contributed by atoms with Gasteiger partial charge in [-0.1, -0.05) is 13.8 Å². The average molecular weight is 441 g/mol. The van der Waals surface area contributed by atoms with Gasteiger partial charge in [0.2, 0.25) is 0 Å². The number of carbonyl (C=O) groups excluding carboxylic acids is 1. The molecule has 3 rings (SSSR count). The van der Waals surface area contributed by atoms with Gasteiger partial charge in [-0.15, -0.1) is 0 Å². The predicted octanol–water partition coefficient (Wildman–Crippen LogP) is 4.24. The smallest absolute Gasteiger partial charge is 0.258 e. The van der Waals surface area contributed by atoms with Crippen molar-refractivity contribution in [1.82, 2.24) is 10.3 Å². The highest BCUT2D eigenvalue weighted by Gasteiger charge is 2.19. The van der Waals surface area contributed by atoms with E-state index in [1.165, 1.54) is 0 Å². The van der Waals surface area contributed by atoms with E-state index in [0.29, 0.717) is 17.2 Å². The zero-order valence-corrected chi connectivity index (χ0v) is 19.5. The van der Waals surface area contributed by atoms with Crippen molar-refractivity contribution in [2.75, 3.05) is 27.4 Å². The molecule has 3 N–H and O–H groups in total. The van der Waals surface area contributed by atoms with Crippen molar-refractivity contribution < 1.29 is 24.1 Å². The summed E-state index contributed by atoms with van der Waals surface area (Å²) in [7, 11) is 3.24. The van der Waals surface area contributed by atoms with Crippen molar-refractivity contribution in [3.8, 4) is 28.5 Å². The molecule has 32 heavy (non-hydrogen) atoms. The first-order chi connectivity index (χ1) is 15.1. The van der Waals surface area contributed by atoms with Crippen LogP contribution < -0.4 is 19.5 Å². The molecule has 1 amide bonds. The summed E-state index contributed by atoms with van der Waals surface area (Å²) in [4.78, 5) is 15.5. The van der Waals surface area contributed by atoms with E-state index >= 15 is 0 Å². The Kier molecular flexibility index (Phi) is 6.99. The summed E-state index contributed by atoms with van der Waals surface area (Å²) in [6, 6.07) is 11.6. The number of rotatable bonds is 9. The van der Waals surface area contributed by atoms with Crippen molar-refractivity contribution in [2.45, 2.75) is 39.2 Å². The molecule has 7 nitrogen and oxygen atoms in total. The van der Waals surface area contributed by atoms with Gasteiger partial charge in [0.1, 0.15) is 5.75 Å². The lowest BCUT2D eigenvalue weighted by molar-refractivity contribution is -0.124.